The van der Waals surface area contributed by atoms with Crippen LogP contribution in [0.15, 0.2) is 0 Å². The van der Waals surface area contributed by atoms with Crippen molar-refractivity contribution in [1.29, 1.82) is 0 Å². The Morgan fingerprint density at radius 2 is 0.464 bits per heavy atom. The fraction of sp³-hybridized carbons (Fsp3) is 1.00. The second-order valence-electron chi connectivity index (χ2n) is 13.4. The third-order valence-corrected chi connectivity index (χ3v) is 6.04. The topological polar surface area (TPSA) is 42.3 Å². The quantitative estimate of drug-likeness (QED) is 0.304. The van der Waals surface area contributed by atoms with E-state index < -0.39 is 24.7 Å². The molecule has 0 aliphatic heterocycles. The van der Waals surface area contributed by atoms with Gasteiger partial charge in [-0.2, -0.15) is 0 Å². The van der Waals surface area contributed by atoms with Gasteiger partial charge < -0.3 is 14.9 Å². The van der Waals surface area contributed by atoms with Crippen molar-refractivity contribution < 1.29 is 35.6 Å². The third kappa shape index (κ3) is 50.9. The van der Waals surface area contributed by atoms with Crippen LogP contribution >= 0.6 is 0 Å². The van der Waals surface area contributed by atoms with Crippen molar-refractivity contribution in [2.75, 3.05) is 0 Å². The minimum absolute atomic E-state index is 0. The van der Waals surface area contributed by atoms with Crippen molar-refractivity contribution in [3.63, 3.8) is 0 Å². The van der Waals surface area contributed by atoms with Gasteiger partial charge in [-0.1, -0.05) is 146 Å². The van der Waals surface area contributed by atoms with Crippen LogP contribution in [0.2, 0.25) is 58.9 Å². The Morgan fingerprint density at radius 1 is 0.357 bits per heavy atom. The van der Waals surface area contributed by atoms with Gasteiger partial charge in [-0.05, 0) is 0 Å². The van der Waals surface area contributed by atoms with Gasteiger partial charge in [-0.25, -0.2) is 0 Å². The molecule has 7 heteroatoms. The van der Waals surface area contributed by atoms with Crippen LogP contribution in [0.5, 0.6) is 0 Å². The fourth-order valence-electron chi connectivity index (χ4n) is 3.02. The Kier molecular flexibility index (Phi) is 17.6. The summed E-state index contributed by atoms with van der Waals surface area (Å²) >= 11 is 0. The van der Waals surface area contributed by atoms with Crippen molar-refractivity contribution in [2.24, 2.45) is 0 Å². The third-order valence-electron chi connectivity index (χ3n) is 2.01. The Hall–Kier alpha value is 1.73. The molecule has 0 aliphatic carbocycles. The molecule has 0 spiro atoms. The largest absolute Gasteiger partial charge is 3.00 e. The van der Waals surface area contributed by atoms with Crippen LogP contribution in [0.1, 0.15) is 62.3 Å². The van der Waals surface area contributed by atoms with E-state index in [4.69, 9.17) is 0 Å². The molecule has 0 aromatic heterocycles. The van der Waals surface area contributed by atoms with Gasteiger partial charge in [0.1, 0.15) is 0 Å². The summed E-state index contributed by atoms with van der Waals surface area (Å²) in [6.45, 7) is 39.8. The van der Waals surface area contributed by atoms with Crippen LogP contribution in [-0.4, -0.2) is 41.3 Å². The SMILES string of the molecule is CC(C)(C)[N-][Si](C)(C)C.CC(C)(C)[N-][Si](C)(C)C.CC(C)(C)[N-][Si](C)(C)C.[La+3]. The Bertz CT molecular complexity index is 290. The van der Waals surface area contributed by atoms with Gasteiger partial charge in [0.25, 0.3) is 0 Å². The molecule has 3 nitrogen and oxygen atoms in total. The molecule has 0 saturated carbocycles. The zero-order valence-electron chi connectivity index (χ0n) is 22.9. The summed E-state index contributed by atoms with van der Waals surface area (Å²) < 4.78 is 0. The van der Waals surface area contributed by atoms with E-state index in [-0.39, 0.29) is 52.2 Å². The predicted molar refractivity (Wildman–Crippen MR) is 139 cm³/mol. The first kappa shape index (κ1) is 37.1. The minimum Gasteiger partial charge on any atom is -0.660 e. The van der Waals surface area contributed by atoms with Gasteiger partial charge in [0.15, 0.2) is 0 Å². The molecule has 0 aliphatic rings. The standard InChI is InChI=1S/3C7H18NSi.La/c3*1-7(2,3)8-9(4,5)6;/h3*1-6H3;/q3*-1;+3. The van der Waals surface area contributed by atoms with Crippen LogP contribution in [0, 0.1) is 35.6 Å². The Morgan fingerprint density at radius 3 is 0.464 bits per heavy atom. The van der Waals surface area contributed by atoms with E-state index in [1.54, 1.807) is 0 Å². The molecule has 0 unspecified atom stereocenters. The average Bonchev–Trinajstić information content (AvgIpc) is 1.96. The number of hydrogen-bond acceptors (Lipinski definition) is 0. The van der Waals surface area contributed by atoms with E-state index in [0.29, 0.717) is 0 Å². The summed E-state index contributed by atoms with van der Waals surface area (Å²) in [5, 5.41) is 0. The Balaban J connectivity index is -0.000000152. The molecular formula is C21H54LaN3Si3. The van der Waals surface area contributed by atoms with E-state index in [1.165, 1.54) is 0 Å². The van der Waals surface area contributed by atoms with Crippen LogP contribution in [0.4, 0.5) is 0 Å². The monoisotopic (exact) mass is 571 g/mol. The molecule has 168 valence electrons. The molecule has 28 heavy (non-hydrogen) atoms. The van der Waals surface area contributed by atoms with Crippen molar-refractivity contribution in [3.05, 3.63) is 14.9 Å². The van der Waals surface area contributed by atoms with E-state index in [0.717, 1.165) is 0 Å². The second kappa shape index (κ2) is 13.3. The maximum Gasteiger partial charge on any atom is 3.00 e. The number of hydrogen-bond donors (Lipinski definition) is 0. The molecular weight excluding hydrogens is 517 g/mol. The van der Waals surface area contributed by atoms with Crippen LogP contribution in [0.3, 0.4) is 0 Å². The van der Waals surface area contributed by atoms with Gasteiger partial charge in [-0.15, -0.1) is 16.6 Å². The van der Waals surface area contributed by atoms with Gasteiger partial charge in [-0.3, -0.25) is 0 Å². The predicted octanol–water partition coefficient (Wildman–Crippen LogP) is 8.98. The van der Waals surface area contributed by atoms with E-state index in [2.05, 4.69) is 136 Å². The summed E-state index contributed by atoms with van der Waals surface area (Å²) in [5.74, 6) is 0. The molecule has 0 bridgehead atoms. The number of nitrogens with zero attached hydrogens (tertiary/aromatic N) is 3. The summed E-state index contributed by atoms with van der Waals surface area (Å²) in [6, 6.07) is 0. The van der Waals surface area contributed by atoms with Gasteiger partial charge in [0, 0.05) is 0 Å². The summed E-state index contributed by atoms with van der Waals surface area (Å²) in [4.78, 5) is 14.0. The smallest absolute Gasteiger partial charge is 0.660 e. The molecule has 0 heterocycles. The molecule has 0 amide bonds. The summed E-state index contributed by atoms with van der Waals surface area (Å²) in [5.41, 5.74) is 0.513. The Labute approximate surface area is 211 Å². The maximum atomic E-state index is 4.68. The van der Waals surface area contributed by atoms with Gasteiger partial charge >= 0.3 is 35.6 Å². The van der Waals surface area contributed by atoms with E-state index in [9.17, 15) is 0 Å². The fourth-order valence-corrected chi connectivity index (χ4v) is 9.06. The molecule has 0 aromatic rings. The zero-order valence-corrected chi connectivity index (χ0v) is 29.5. The number of rotatable bonds is 3. The average molecular weight is 572 g/mol. The first-order valence-corrected chi connectivity index (χ1v) is 20.7. The van der Waals surface area contributed by atoms with Crippen LogP contribution < -0.4 is 0 Å². The van der Waals surface area contributed by atoms with Gasteiger partial charge in [0.2, 0.25) is 0 Å². The van der Waals surface area contributed by atoms with Crippen LogP contribution in [0.25, 0.3) is 14.9 Å². The van der Waals surface area contributed by atoms with Crippen molar-refractivity contribution >= 4 is 24.7 Å². The molecule has 0 aromatic carbocycles. The molecule has 0 radical (unpaired) electrons. The normalized spacial score (nSPS) is 13.5. The molecule has 0 saturated heterocycles. The van der Waals surface area contributed by atoms with Gasteiger partial charge in [0.05, 0.1) is 0 Å². The maximum absolute atomic E-state index is 4.68. The molecule has 0 atom stereocenters. The first-order valence-electron chi connectivity index (χ1n) is 10.3. The summed E-state index contributed by atoms with van der Waals surface area (Å²) in [7, 11) is -3.50. The van der Waals surface area contributed by atoms with Crippen molar-refractivity contribution in [1.82, 2.24) is 0 Å². The van der Waals surface area contributed by atoms with Crippen LogP contribution in [-0.2, 0) is 0 Å². The zero-order chi connectivity index (χ0) is 23.1. The molecule has 0 N–H and O–H groups in total. The first-order chi connectivity index (χ1) is 11.1. The molecule has 0 rings (SSSR count). The van der Waals surface area contributed by atoms with Crippen molar-refractivity contribution in [3.8, 4) is 0 Å². The van der Waals surface area contributed by atoms with Crippen molar-refractivity contribution in [2.45, 2.75) is 138 Å². The second-order valence-corrected chi connectivity index (χ2v) is 27.1. The molecule has 0 fully saturated rings. The van der Waals surface area contributed by atoms with E-state index in [1.807, 2.05) is 0 Å². The minimum atomic E-state index is -1.17. The van der Waals surface area contributed by atoms with E-state index >= 15 is 0 Å². The summed E-state index contributed by atoms with van der Waals surface area (Å²) in [6.07, 6.45) is 0.